The number of nitrogens with one attached hydrogen (secondary N) is 1. The predicted octanol–water partition coefficient (Wildman–Crippen LogP) is 4.23. The van der Waals surface area contributed by atoms with E-state index in [1.807, 2.05) is 42.6 Å². The largest absolute Gasteiger partial charge is 0.279 e. The second kappa shape index (κ2) is 6.14. The minimum atomic E-state index is -3.63. The summed E-state index contributed by atoms with van der Waals surface area (Å²) in [7, 11) is -3.63. The molecule has 0 aliphatic carbocycles. The van der Waals surface area contributed by atoms with Crippen LogP contribution in [0.4, 0.5) is 5.69 Å². The molecular formula is C17H16N2O2S2. The molecule has 0 atom stereocenters. The highest BCUT2D eigenvalue weighted by Crippen LogP contribution is 2.29. The van der Waals surface area contributed by atoms with Crippen LogP contribution in [0.15, 0.2) is 58.9 Å². The molecule has 0 radical (unpaired) electrons. The number of anilines is 1. The second-order valence-corrected chi connectivity index (χ2v) is 7.88. The Balaban J connectivity index is 1.98. The number of benzene rings is 1. The van der Waals surface area contributed by atoms with Crippen LogP contribution in [-0.2, 0) is 10.0 Å². The summed E-state index contributed by atoms with van der Waals surface area (Å²) in [6, 6.07) is 12.8. The topological polar surface area (TPSA) is 59.1 Å². The van der Waals surface area contributed by atoms with Crippen molar-refractivity contribution in [1.29, 1.82) is 0 Å². The number of hydrogen-bond acceptors (Lipinski definition) is 4. The molecule has 1 aromatic carbocycles. The molecule has 6 heteroatoms. The van der Waals surface area contributed by atoms with Gasteiger partial charge in [0.05, 0.1) is 10.6 Å². The molecule has 0 saturated carbocycles. The molecule has 2 aromatic heterocycles. The lowest BCUT2D eigenvalue weighted by atomic mass is 10.1. The maximum atomic E-state index is 12.6. The molecule has 0 fully saturated rings. The highest BCUT2D eigenvalue weighted by atomic mass is 32.2. The Hall–Kier alpha value is -2.18. The molecule has 0 aliphatic rings. The summed E-state index contributed by atoms with van der Waals surface area (Å²) < 4.78 is 27.8. The standard InChI is InChI=1S/C17H16N2O2S2/c1-12-5-6-14(17-4-3-9-22-17)11-16(12)19-23(20,21)15-7-8-18-13(2)10-15/h3-11,19H,1-2H3. The Kier molecular flexibility index (Phi) is 4.19. The molecule has 0 aliphatic heterocycles. The first-order valence-electron chi connectivity index (χ1n) is 7.06. The van der Waals surface area contributed by atoms with Crippen molar-refractivity contribution < 1.29 is 8.42 Å². The number of aryl methyl sites for hydroxylation is 2. The Bertz CT molecular complexity index is 933. The Morgan fingerprint density at radius 1 is 1.09 bits per heavy atom. The number of hydrogen-bond donors (Lipinski definition) is 1. The Labute approximate surface area is 139 Å². The summed E-state index contributed by atoms with van der Waals surface area (Å²) in [5.74, 6) is 0. The number of rotatable bonds is 4. The lowest BCUT2D eigenvalue weighted by Crippen LogP contribution is -2.14. The van der Waals surface area contributed by atoms with Crippen LogP contribution in [0, 0.1) is 13.8 Å². The molecule has 3 aromatic rings. The molecule has 4 nitrogen and oxygen atoms in total. The van der Waals surface area contributed by atoms with Gasteiger partial charge < -0.3 is 0 Å². The van der Waals surface area contributed by atoms with Crippen LogP contribution >= 0.6 is 11.3 Å². The van der Waals surface area contributed by atoms with E-state index in [4.69, 9.17) is 0 Å². The van der Waals surface area contributed by atoms with Gasteiger partial charge in [-0.15, -0.1) is 11.3 Å². The Morgan fingerprint density at radius 2 is 1.91 bits per heavy atom. The first kappa shape index (κ1) is 15.7. The number of thiophene rings is 1. The summed E-state index contributed by atoms with van der Waals surface area (Å²) in [6.07, 6.45) is 1.50. The molecule has 0 unspecified atom stereocenters. The maximum absolute atomic E-state index is 12.6. The van der Waals surface area contributed by atoms with E-state index >= 15 is 0 Å². The molecule has 3 rings (SSSR count). The van der Waals surface area contributed by atoms with Crippen LogP contribution in [0.3, 0.4) is 0 Å². The van der Waals surface area contributed by atoms with Gasteiger partial charge in [0, 0.05) is 16.8 Å². The average molecular weight is 344 g/mol. The fraction of sp³-hybridized carbons (Fsp3) is 0.118. The number of aromatic nitrogens is 1. The highest BCUT2D eigenvalue weighted by Gasteiger charge is 2.16. The fourth-order valence-corrected chi connectivity index (χ4v) is 4.14. The first-order chi connectivity index (χ1) is 11.0. The van der Waals surface area contributed by atoms with E-state index in [-0.39, 0.29) is 4.90 Å². The molecule has 118 valence electrons. The quantitative estimate of drug-likeness (QED) is 0.770. The normalized spacial score (nSPS) is 11.4. The minimum absolute atomic E-state index is 0.214. The van der Waals surface area contributed by atoms with Crippen LogP contribution in [0.25, 0.3) is 10.4 Å². The molecule has 2 heterocycles. The molecule has 1 N–H and O–H groups in total. The van der Waals surface area contributed by atoms with Crippen molar-refractivity contribution in [3.63, 3.8) is 0 Å². The molecule has 0 amide bonds. The summed E-state index contributed by atoms with van der Waals surface area (Å²) >= 11 is 1.62. The molecular weight excluding hydrogens is 328 g/mol. The van der Waals surface area contributed by atoms with Gasteiger partial charge in [0.2, 0.25) is 0 Å². The van der Waals surface area contributed by atoms with Gasteiger partial charge in [0.15, 0.2) is 0 Å². The lowest BCUT2D eigenvalue weighted by Gasteiger charge is -2.12. The fourth-order valence-electron chi connectivity index (χ4n) is 2.22. The summed E-state index contributed by atoms with van der Waals surface area (Å²) in [6.45, 7) is 3.65. The van der Waals surface area contributed by atoms with Crippen LogP contribution < -0.4 is 4.72 Å². The van der Waals surface area contributed by atoms with E-state index in [1.165, 1.54) is 12.3 Å². The van der Waals surface area contributed by atoms with Gasteiger partial charge in [-0.3, -0.25) is 9.71 Å². The van der Waals surface area contributed by atoms with Crippen molar-refractivity contribution in [2.24, 2.45) is 0 Å². The molecule has 23 heavy (non-hydrogen) atoms. The predicted molar refractivity (Wildman–Crippen MR) is 94.3 cm³/mol. The smallest absolute Gasteiger partial charge is 0.262 e. The SMILES string of the molecule is Cc1cc(S(=O)(=O)Nc2cc(-c3cccs3)ccc2C)ccn1. The zero-order chi connectivity index (χ0) is 16.4. The molecule has 0 spiro atoms. The van der Waals surface area contributed by atoms with Crippen molar-refractivity contribution in [3.05, 3.63) is 65.3 Å². The number of sulfonamides is 1. The van der Waals surface area contributed by atoms with Crippen LogP contribution in [-0.4, -0.2) is 13.4 Å². The maximum Gasteiger partial charge on any atom is 0.262 e. The van der Waals surface area contributed by atoms with Crippen molar-refractivity contribution in [3.8, 4) is 10.4 Å². The summed E-state index contributed by atoms with van der Waals surface area (Å²) in [5.41, 5.74) is 3.12. The number of nitrogens with zero attached hydrogens (tertiary/aromatic N) is 1. The van der Waals surface area contributed by atoms with Crippen molar-refractivity contribution in [2.45, 2.75) is 18.7 Å². The van der Waals surface area contributed by atoms with E-state index < -0.39 is 10.0 Å². The van der Waals surface area contributed by atoms with Gasteiger partial charge in [0.1, 0.15) is 0 Å². The van der Waals surface area contributed by atoms with Gasteiger partial charge in [-0.1, -0.05) is 18.2 Å². The number of pyridine rings is 1. The zero-order valence-corrected chi connectivity index (χ0v) is 14.4. The van der Waals surface area contributed by atoms with Crippen LogP contribution in [0.1, 0.15) is 11.3 Å². The van der Waals surface area contributed by atoms with Crippen LogP contribution in [0.5, 0.6) is 0 Å². The zero-order valence-electron chi connectivity index (χ0n) is 12.8. The minimum Gasteiger partial charge on any atom is -0.279 e. The van der Waals surface area contributed by atoms with Crippen molar-refractivity contribution in [2.75, 3.05) is 4.72 Å². The summed E-state index contributed by atoms with van der Waals surface area (Å²) in [5, 5.41) is 2.00. The van der Waals surface area contributed by atoms with Gasteiger partial charge in [0.25, 0.3) is 10.0 Å². The van der Waals surface area contributed by atoms with E-state index in [2.05, 4.69) is 9.71 Å². The van der Waals surface area contributed by atoms with Crippen molar-refractivity contribution in [1.82, 2.24) is 4.98 Å². The van der Waals surface area contributed by atoms with Gasteiger partial charge in [-0.25, -0.2) is 8.42 Å². The molecule has 0 bridgehead atoms. The van der Waals surface area contributed by atoms with E-state index in [0.717, 1.165) is 16.0 Å². The van der Waals surface area contributed by atoms with Gasteiger partial charge in [-0.2, -0.15) is 0 Å². The van der Waals surface area contributed by atoms with Crippen LogP contribution in [0.2, 0.25) is 0 Å². The van der Waals surface area contributed by atoms with Crippen molar-refractivity contribution >= 4 is 27.0 Å². The third-order valence-corrected chi connectivity index (χ3v) is 5.75. The monoisotopic (exact) mass is 344 g/mol. The van der Waals surface area contributed by atoms with Gasteiger partial charge in [-0.05, 0) is 54.6 Å². The first-order valence-corrected chi connectivity index (χ1v) is 9.42. The van der Waals surface area contributed by atoms with E-state index in [1.54, 1.807) is 24.3 Å². The molecule has 0 saturated heterocycles. The van der Waals surface area contributed by atoms with Gasteiger partial charge >= 0.3 is 0 Å². The second-order valence-electron chi connectivity index (χ2n) is 5.25. The van der Waals surface area contributed by atoms with E-state index in [0.29, 0.717) is 11.4 Å². The third kappa shape index (κ3) is 3.43. The summed E-state index contributed by atoms with van der Waals surface area (Å²) in [4.78, 5) is 5.35. The highest BCUT2D eigenvalue weighted by molar-refractivity contribution is 7.92. The third-order valence-electron chi connectivity index (χ3n) is 3.47. The average Bonchev–Trinajstić information content (AvgIpc) is 3.04. The Morgan fingerprint density at radius 3 is 2.61 bits per heavy atom. The van der Waals surface area contributed by atoms with E-state index in [9.17, 15) is 8.42 Å². The lowest BCUT2D eigenvalue weighted by molar-refractivity contribution is 0.601.